The summed E-state index contributed by atoms with van der Waals surface area (Å²) in [6.45, 7) is 0.371. The van der Waals surface area contributed by atoms with E-state index >= 15 is 0 Å². The van der Waals surface area contributed by atoms with Crippen LogP contribution in [0.25, 0.3) is 0 Å². The van der Waals surface area contributed by atoms with Gasteiger partial charge in [-0.3, -0.25) is 4.79 Å². The topological polar surface area (TPSA) is 74.7 Å². The highest BCUT2D eigenvalue weighted by Gasteiger charge is 2.40. The van der Waals surface area contributed by atoms with E-state index in [4.69, 9.17) is 0 Å². The van der Waals surface area contributed by atoms with Gasteiger partial charge in [-0.25, -0.2) is 8.42 Å². The van der Waals surface area contributed by atoms with E-state index in [1.165, 1.54) is 4.31 Å². The first-order valence-electron chi connectivity index (χ1n) is 7.27. The van der Waals surface area contributed by atoms with Crippen molar-refractivity contribution in [2.45, 2.75) is 69.1 Å². The van der Waals surface area contributed by atoms with Crippen molar-refractivity contribution in [1.82, 2.24) is 4.31 Å². The standard InChI is InChI=1S/C13H23NO4S/c15-13(16)12-9-3-1-2-6-10-14(12)19(17,18)11-7-4-5-8-11/h11-12H,1-10H2,(H,15,16). The van der Waals surface area contributed by atoms with Gasteiger partial charge in [0.1, 0.15) is 6.04 Å². The summed E-state index contributed by atoms with van der Waals surface area (Å²) in [5, 5.41) is 8.97. The number of carboxylic acid groups (broad SMARTS) is 1. The minimum atomic E-state index is -3.44. The van der Waals surface area contributed by atoms with Gasteiger partial charge in [-0.2, -0.15) is 4.31 Å². The van der Waals surface area contributed by atoms with Gasteiger partial charge < -0.3 is 5.11 Å². The summed E-state index contributed by atoms with van der Waals surface area (Å²) in [7, 11) is -3.44. The van der Waals surface area contributed by atoms with Crippen molar-refractivity contribution in [2.24, 2.45) is 0 Å². The Kier molecular flexibility index (Phi) is 4.84. The van der Waals surface area contributed by atoms with Gasteiger partial charge in [0, 0.05) is 6.54 Å². The number of nitrogens with zero attached hydrogens (tertiary/aromatic N) is 1. The first kappa shape index (κ1) is 14.8. The number of carbonyl (C=O) groups is 1. The molecule has 110 valence electrons. The van der Waals surface area contributed by atoms with Gasteiger partial charge in [-0.15, -0.1) is 0 Å². The summed E-state index contributed by atoms with van der Waals surface area (Å²) >= 11 is 0. The quantitative estimate of drug-likeness (QED) is 0.862. The first-order chi connectivity index (χ1) is 9.03. The molecule has 0 spiro atoms. The zero-order chi connectivity index (χ0) is 13.9. The molecule has 2 fully saturated rings. The molecule has 0 radical (unpaired) electrons. The van der Waals surface area contributed by atoms with Gasteiger partial charge in [0.05, 0.1) is 5.25 Å². The van der Waals surface area contributed by atoms with Gasteiger partial charge in [0.15, 0.2) is 0 Å². The Hall–Kier alpha value is -0.620. The van der Waals surface area contributed by atoms with Crippen molar-refractivity contribution >= 4 is 16.0 Å². The van der Waals surface area contributed by atoms with E-state index < -0.39 is 22.0 Å². The Labute approximate surface area is 115 Å². The van der Waals surface area contributed by atoms with Gasteiger partial charge >= 0.3 is 5.97 Å². The maximum Gasteiger partial charge on any atom is 0.322 e. The van der Waals surface area contributed by atoms with Gasteiger partial charge in [-0.05, 0) is 25.7 Å². The van der Waals surface area contributed by atoms with Crippen LogP contribution in [0.3, 0.4) is 0 Å². The zero-order valence-electron chi connectivity index (χ0n) is 11.3. The van der Waals surface area contributed by atoms with E-state index in [2.05, 4.69) is 0 Å². The van der Waals surface area contributed by atoms with Crippen LogP contribution in [-0.2, 0) is 14.8 Å². The lowest BCUT2D eigenvalue weighted by molar-refractivity contribution is -0.141. The molecule has 1 saturated heterocycles. The van der Waals surface area contributed by atoms with Crippen molar-refractivity contribution in [3.05, 3.63) is 0 Å². The van der Waals surface area contributed by atoms with E-state index in [1.807, 2.05) is 0 Å². The molecular formula is C13H23NO4S. The molecule has 6 heteroatoms. The van der Waals surface area contributed by atoms with Crippen molar-refractivity contribution in [1.29, 1.82) is 0 Å². The van der Waals surface area contributed by atoms with Gasteiger partial charge in [-0.1, -0.05) is 32.1 Å². The van der Waals surface area contributed by atoms with Crippen LogP contribution in [0.4, 0.5) is 0 Å². The molecule has 1 aliphatic heterocycles. The highest BCUT2D eigenvalue weighted by Crippen LogP contribution is 2.30. The molecule has 0 bridgehead atoms. The average Bonchev–Trinajstić information content (AvgIpc) is 2.81. The second kappa shape index (κ2) is 6.22. The van der Waals surface area contributed by atoms with Crippen LogP contribution in [-0.4, -0.2) is 41.6 Å². The molecule has 1 heterocycles. The summed E-state index contributed by atoms with van der Waals surface area (Å²) in [4.78, 5) is 11.4. The molecular weight excluding hydrogens is 266 g/mol. The SMILES string of the molecule is O=C(O)C1CCCCCCN1S(=O)(=O)C1CCCC1. The second-order valence-electron chi connectivity index (χ2n) is 5.62. The maximum absolute atomic E-state index is 12.6. The third-order valence-electron chi connectivity index (χ3n) is 4.29. The van der Waals surface area contributed by atoms with Gasteiger partial charge in [0.2, 0.25) is 10.0 Å². The lowest BCUT2D eigenvalue weighted by Gasteiger charge is -2.32. The van der Waals surface area contributed by atoms with Crippen LogP contribution in [0, 0.1) is 0 Å². The highest BCUT2D eigenvalue weighted by molar-refractivity contribution is 7.89. The first-order valence-corrected chi connectivity index (χ1v) is 8.77. The average molecular weight is 289 g/mol. The minimum absolute atomic E-state index is 0.353. The molecule has 2 rings (SSSR count). The third-order valence-corrected chi connectivity index (χ3v) is 6.69. The highest BCUT2D eigenvalue weighted by atomic mass is 32.2. The molecule has 5 nitrogen and oxygen atoms in total. The summed E-state index contributed by atoms with van der Waals surface area (Å²) < 4.78 is 26.6. The molecule has 0 amide bonds. The molecule has 1 aliphatic carbocycles. The fraction of sp³-hybridized carbons (Fsp3) is 0.923. The van der Waals surface area contributed by atoms with Crippen molar-refractivity contribution in [2.75, 3.05) is 6.54 Å². The van der Waals surface area contributed by atoms with Crippen LogP contribution in [0.5, 0.6) is 0 Å². The van der Waals surface area contributed by atoms with E-state index in [1.54, 1.807) is 0 Å². The van der Waals surface area contributed by atoms with E-state index in [0.29, 0.717) is 25.8 Å². The molecule has 0 aromatic carbocycles. The zero-order valence-corrected chi connectivity index (χ0v) is 12.1. The van der Waals surface area contributed by atoms with E-state index in [9.17, 15) is 18.3 Å². The Morgan fingerprint density at radius 1 is 0.947 bits per heavy atom. The Morgan fingerprint density at radius 3 is 2.16 bits per heavy atom. The molecule has 2 aliphatic rings. The molecule has 1 atom stereocenters. The lowest BCUT2D eigenvalue weighted by atomic mass is 10.0. The molecule has 1 unspecified atom stereocenters. The van der Waals surface area contributed by atoms with Crippen molar-refractivity contribution in [3.8, 4) is 0 Å². The smallest absolute Gasteiger partial charge is 0.322 e. The van der Waals surface area contributed by atoms with Crippen LogP contribution in [0.15, 0.2) is 0 Å². The fourth-order valence-corrected chi connectivity index (χ4v) is 5.43. The predicted octanol–water partition coefficient (Wildman–Crippen LogP) is 1.98. The number of carboxylic acids is 1. The second-order valence-corrected chi connectivity index (χ2v) is 7.78. The van der Waals surface area contributed by atoms with Crippen LogP contribution < -0.4 is 0 Å². The van der Waals surface area contributed by atoms with Crippen LogP contribution in [0.1, 0.15) is 57.8 Å². The number of sulfonamides is 1. The van der Waals surface area contributed by atoms with E-state index in [0.717, 1.165) is 38.5 Å². The number of aliphatic carboxylic acids is 1. The van der Waals surface area contributed by atoms with Crippen LogP contribution in [0.2, 0.25) is 0 Å². The van der Waals surface area contributed by atoms with E-state index in [-0.39, 0.29) is 5.25 Å². The summed E-state index contributed by atoms with van der Waals surface area (Å²) in [6.07, 6.45) is 7.26. The monoisotopic (exact) mass is 289 g/mol. The number of hydrogen-bond donors (Lipinski definition) is 1. The Morgan fingerprint density at radius 2 is 1.53 bits per heavy atom. The van der Waals surface area contributed by atoms with Gasteiger partial charge in [0.25, 0.3) is 0 Å². The lowest BCUT2D eigenvalue weighted by Crippen LogP contribution is -2.49. The molecule has 1 N–H and O–H groups in total. The predicted molar refractivity (Wildman–Crippen MR) is 72.4 cm³/mol. The third kappa shape index (κ3) is 3.28. The molecule has 19 heavy (non-hydrogen) atoms. The fourth-order valence-electron chi connectivity index (χ4n) is 3.19. The maximum atomic E-state index is 12.6. The summed E-state index contributed by atoms with van der Waals surface area (Å²) in [6, 6.07) is -0.856. The minimum Gasteiger partial charge on any atom is -0.480 e. The number of rotatable bonds is 3. The summed E-state index contributed by atoms with van der Waals surface area (Å²) in [5.74, 6) is -0.997. The van der Waals surface area contributed by atoms with Crippen LogP contribution >= 0.6 is 0 Å². The van der Waals surface area contributed by atoms with Crippen molar-refractivity contribution < 1.29 is 18.3 Å². The molecule has 0 aromatic rings. The largest absolute Gasteiger partial charge is 0.480 e. The number of hydrogen-bond acceptors (Lipinski definition) is 3. The summed E-state index contributed by atoms with van der Waals surface area (Å²) in [5.41, 5.74) is 0. The Balaban J connectivity index is 2.22. The normalized spacial score (nSPS) is 27.9. The molecule has 0 aromatic heterocycles. The Bertz CT molecular complexity index is 414. The van der Waals surface area contributed by atoms with Crippen molar-refractivity contribution in [3.63, 3.8) is 0 Å². The molecule has 1 saturated carbocycles.